The van der Waals surface area contributed by atoms with Gasteiger partial charge in [0.25, 0.3) is 5.91 Å². The molecule has 1 heterocycles. The molecule has 0 spiro atoms. The SMILES string of the molecule is CCc1nccc(C)c1-c1cc(F)cc(C(=O)NCC(N)C(=O)OC)c1. The van der Waals surface area contributed by atoms with Crippen LogP contribution in [0, 0.1) is 12.7 Å². The van der Waals surface area contributed by atoms with Gasteiger partial charge in [-0.25, -0.2) is 4.39 Å². The number of carbonyl (C=O) groups is 2. The van der Waals surface area contributed by atoms with E-state index in [2.05, 4.69) is 15.0 Å². The number of ether oxygens (including phenoxy) is 1. The first kappa shape index (κ1) is 19.5. The predicted molar refractivity (Wildman–Crippen MR) is 96.1 cm³/mol. The minimum Gasteiger partial charge on any atom is -0.468 e. The van der Waals surface area contributed by atoms with Crippen LogP contribution in [0.5, 0.6) is 0 Å². The van der Waals surface area contributed by atoms with E-state index >= 15 is 0 Å². The molecule has 0 aliphatic carbocycles. The number of carbonyl (C=O) groups excluding carboxylic acids is 2. The van der Waals surface area contributed by atoms with Crippen LogP contribution in [0.2, 0.25) is 0 Å². The van der Waals surface area contributed by atoms with Crippen molar-refractivity contribution < 1.29 is 18.7 Å². The van der Waals surface area contributed by atoms with Crippen LogP contribution in [0.25, 0.3) is 11.1 Å². The van der Waals surface area contributed by atoms with Gasteiger partial charge in [0.2, 0.25) is 0 Å². The number of amides is 1. The summed E-state index contributed by atoms with van der Waals surface area (Å²) in [7, 11) is 1.21. The topological polar surface area (TPSA) is 94.3 Å². The number of halogens is 1. The molecule has 2 rings (SSSR count). The van der Waals surface area contributed by atoms with Crippen LogP contribution in [-0.2, 0) is 16.0 Å². The number of nitrogens with one attached hydrogen (secondary N) is 1. The quantitative estimate of drug-likeness (QED) is 0.769. The van der Waals surface area contributed by atoms with Gasteiger partial charge >= 0.3 is 5.97 Å². The van der Waals surface area contributed by atoms with Gasteiger partial charge in [-0.3, -0.25) is 14.6 Å². The van der Waals surface area contributed by atoms with E-state index in [0.717, 1.165) is 22.9 Å². The number of hydrogen-bond acceptors (Lipinski definition) is 5. The molecule has 3 N–H and O–H groups in total. The number of aromatic nitrogens is 1. The molecule has 1 aromatic carbocycles. The van der Waals surface area contributed by atoms with Gasteiger partial charge in [-0.15, -0.1) is 0 Å². The second kappa shape index (κ2) is 8.53. The maximum Gasteiger partial charge on any atom is 0.324 e. The molecule has 0 radical (unpaired) electrons. The van der Waals surface area contributed by atoms with E-state index in [0.29, 0.717) is 12.0 Å². The van der Waals surface area contributed by atoms with Crippen LogP contribution in [0.15, 0.2) is 30.5 Å². The fraction of sp³-hybridized carbons (Fsp3) is 0.316. The number of pyridine rings is 1. The van der Waals surface area contributed by atoms with Crippen molar-refractivity contribution in [2.45, 2.75) is 26.3 Å². The molecule has 2 aromatic rings. The smallest absolute Gasteiger partial charge is 0.324 e. The van der Waals surface area contributed by atoms with E-state index in [1.54, 1.807) is 12.3 Å². The fourth-order valence-corrected chi connectivity index (χ4v) is 2.68. The summed E-state index contributed by atoms with van der Waals surface area (Å²) in [5, 5.41) is 2.52. The van der Waals surface area contributed by atoms with Gasteiger partial charge in [-0.05, 0) is 48.7 Å². The first-order chi connectivity index (χ1) is 12.4. The Labute approximate surface area is 151 Å². The molecule has 1 atom stereocenters. The van der Waals surface area contributed by atoms with Crippen molar-refractivity contribution in [3.63, 3.8) is 0 Å². The second-order valence-electron chi connectivity index (χ2n) is 5.87. The number of aryl methyl sites for hydroxylation is 2. The molecule has 7 heteroatoms. The first-order valence-electron chi connectivity index (χ1n) is 8.24. The highest BCUT2D eigenvalue weighted by Gasteiger charge is 2.17. The molecule has 0 bridgehead atoms. The number of methoxy groups -OCH3 is 1. The van der Waals surface area contributed by atoms with Crippen LogP contribution in [0.1, 0.15) is 28.5 Å². The maximum atomic E-state index is 14.1. The summed E-state index contributed by atoms with van der Waals surface area (Å²) in [4.78, 5) is 28.0. The van der Waals surface area contributed by atoms with Crippen LogP contribution in [-0.4, -0.2) is 36.6 Å². The molecular weight excluding hydrogens is 337 g/mol. The minimum atomic E-state index is -0.982. The van der Waals surface area contributed by atoms with Gasteiger partial charge < -0.3 is 15.8 Å². The van der Waals surface area contributed by atoms with Crippen molar-refractivity contribution in [2.24, 2.45) is 5.73 Å². The Morgan fingerprint density at radius 1 is 1.35 bits per heavy atom. The van der Waals surface area contributed by atoms with Crippen molar-refractivity contribution in [3.8, 4) is 11.1 Å². The van der Waals surface area contributed by atoms with E-state index < -0.39 is 23.7 Å². The molecule has 0 saturated heterocycles. The highest BCUT2D eigenvalue weighted by Crippen LogP contribution is 2.28. The van der Waals surface area contributed by atoms with Crippen molar-refractivity contribution in [1.29, 1.82) is 0 Å². The Balaban J connectivity index is 2.31. The van der Waals surface area contributed by atoms with Gasteiger partial charge in [0.15, 0.2) is 0 Å². The molecule has 1 unspecified atom stereocenters. The zero-order valence-corrected chi connectivity index (χ0v) is 15.0. The summed E-state index contributed by atoms with van der Waals surface area (Å²) >= 11 is 0. The number of hydrogen-bond donors (Lipinski definition) is 2. The molecule has 1 amide bonds. The zero-order chi connectivity index (χ0) is 19.3. The van der Waals surface area contributed by atoms with Gasteiger partial charge in [-0.2, -0.15) is 0 Å². The largest absolute Gasteiger partial charge is 0.468 e. The molecule has 0 aliphatic rings. The van der Waals surface area contributed by atoms with E-state index in [1.807, 2.05) is 19.9 Å². The van der Waals surface area contributed by atoms with Gasteiger partial charge in [-0.1, -0.05) is 6.92 Å². The predicted octanol–water partition coefficient (Wildman–Crippen LogP) is 1.99. The summed E-state index contributed by atoms with van der Waals surface area (Å²) in [6.07, 6.45) is 2.39. The van der Waals surface area contributed by atoms with Crippen molar-refractivity contribution in [2.75, 3.05) is 13.7 Å². The summed E-state index contributed by atoms with van der Waals surface area (Å²) in [6.45, 7) is 3.77. The van der Waals surface area contributed by atoms with Crippen LogP contribution in [0.4, 0.5) is 4.39 Å². The van der Waals surface area contributed by atoms with Crippen molar-refractivity contribution >= 4 is 11.9 Å². The average Bonchev–Trinajstić information content (AvgIpc) is 2.64. The van der Waals surface area contributed by atoms with Crippen molar-refractivity contribution in [3.05, 3.63) is 53.1 Å². The molecule has 0 saturated carbocycles. The molecule has 0 aliphatic heterocycles. The lowest BCUT2D eigenvalue weighted by Gasteiger charge is -2.13. The van der Waals surface area contributed by atoms with Crippen LogP contribution < -0.4 is 11.1 Å². The number of benzene rings is 1. The minimum absolute atomic E-state index is 0.108. The Morgan fingerprint density at radius 2 is 2.08 bits per heavy atom. The summed E-state index contributed by atoms with van der Waals surface area (Å²) < 4.78 is 18.6. The Kier molecular flexibility index (Phi) is 6.41. The maximum absolute atomic E-state index is 14.1. The molecule has 138 valence electrons. The highest BCUT2D eigenvalue weighted by atomic mass is 19.1. The third-order valence-corrected chi connectivity index (χ3v) is 4.01. The van der Waals surface area contributed by atoms with E-state index in [4.69, 9.17) is 5.73 Å². The lowest BCUT2D eigenvalue weighted by Crippen LogP contribution is -2.43. The number of nitrogens with two attached hydrogens (primary N) is 1. The Hall–Kier alpha value is -2.80. The average molecular weight is 359 g/mol. The third-order valence-electron chi connectivity index (χ3n) is 4.01. The van der Waals surface area contributed by atoms with E-state index in [9.17, 15) is 14.0 Å². The second-order valence-corrected chi connectivity index (χ2v) is 5.87. The molecule has 1 aromatic heterocycles. The zero-order valence-electron chi connectivity index (χ0n) is 15.0. The highest BCUT2D eigenvalue weighted by molar-refractivity contribution is 5.96. The number of esters is 1. The third kappa shape index (κ3) is 4.43. The van der Waals surface area contributed by atoms with Gasteiger partial charge in [0.1, 0.15) is 11.9 Å². The number of rotatable bonds is 6. The van der Waals surface area contributed by atoms with Crippen molar-refractivity contribution in [1.82, 2.24) is 10.3 Å². The molecule has 26 heavy (non-hydrogen) atoms. The Morgan fingerprint density at radius 3 is 2.73 bits per heavy atom. The fourth-order valence-electron chi connectivity index (χ4n) is 2.68. The molecule has 0 fully saturated rings. The van der Waals surface area contributed by atoms with Gasteiger partial charge in [0, 0.05) is 29.6 Å². The summed E-state index contributed by atoms with van der Waals surface area (Å²) in [6, 6.07) is 4.98. The standard InChI is InChI=1S/C19H22FN3O3/c1-4-16-17(11(2)5-6-22-16)12-7-13(9-14(20)8-12)18(24)23-10-15(21)19(25)26-3/h5-9,15H,4,10,21H2,1-3H3,(H,23,24). The summed E-state index contributed by atoms with van der Waals surface area (Å²) in [5.74, 6) is -1.69. The molecular formula is C19H22FN3O3. The molecule has 6 nitrogen and oxygen atoms in total. The van der Waals surface area contributed by atoms with Gasteiger partial charge in [0.05, 0.1) is 7.11 Å². The van der Waals surface area contributed by atoms with E-state index in [-0.39, 0.29) is 12.1 Å². The van der Waals surface area contributed by atoms with E-state index in [1.165, 1.54) is 13.2 Å². The normalized spacial score (nSPS) is 11.7. The first-order valence-corrected chi connectivity index (χ1v) is 8.24. The van der Waals surface area contributed by atoms with Crippen LogP contribution in [0.3, 0.4) is 0 Å². The monoisotopic (exact) mass is 359 g/mol. The number of nitrogens with zero attached hydrogens (tertiary/aromatic N) is 1. The lowest BCUT2D eigenvalue weighted by molar-refractivity contribution is -0.141. The Bertz CT molecular complexity index is 824. The summed E-state index contributed by atoms with van der Waals surface area (Å²) in [5.41, 5.74) is 8.90. The van der Waals surface area contributed by atoms with Crippen LogP contribution >= 0.6 is 0 Å². The lowest BCUT2D eigenvalue weighted by atomic mass is 9.96.